The van der Waals surface area contributed by atoms with Crippen molar-refractivity contribution in [2.45, 2.75) is 44.0 Å². The van der Waals surface area contributed by atoms with Gasteiger partial charge in [-0.1, -0.05) is 12.1 Å². The second-order valence-electron chi connectivity index (χ2n) is 8.31. The van der Waals surface area contributed by atoms with Gasteiger partial charge in [0.1, 0.15) is 0 Å². The Morgan fingerprint density at radius 1 is 0.886 bits per heavy atom. The summed E-state index contributed by atoms with van der Waals surface area (Å²) in [7, 11) is 1.15. The number of rotatable bonds is 5. The van der Waals surface area contributed by atoms with Crippen LogP contribution >= 0.6 is 0 Å². The van der Waals surface area contributed by atoms with Gasteiger partial charge in [-0.3, -0.25) is 9.69 Å². The van der Waals surface area contributed by atoms with Crippen LogP contribution in [0.1, 0.15) is 46.7 Å². The van der Waals surface area contributed by atoms with Crippen LogP contribution in [0.2, 0.25) is 0 Å². The van der Waals surface area contributed by atoms with Crippen LogP contribution in [-0.2, 0) is 34.6 Å². The maximum Gasteiger partial charge on any atom is 0.416 e. The second kappa shape index (κ2) is 9.71. The van der Waals surface area contributed by atoms with E-state index in [1.165, 1.54) is 17.0 Å². The van der Waals surface area contributed by atoms with Crippen LogP contribution in [0.15, 0.2) is 42.5 Å². The largest absolute Gasteiger partial charge is 0.469 e. The van der Waals surface area contributed by atoms with Crippen molar-refractivity contribution in [1.29, 1.82) is 0 Å². The SMILES string of the molecule is COC(=O)C[C@@H]1CC(c2ccc(C(F)(F)F)cc2)N(Cc2cc(C(F)(F)F)ccc2C(F)(F)F)C1. The van der Waals surface area contributed by atoms with Crippen molar-refractivity contribution in [2.75, 3.05) is 13.7 Å². The van der Waals surface area contributed by atoms with E-state index >= 15 is 0 Å². The molecule has 192 valence electrons. The fourth-order valence-electron chi connectivity index (χ4n) is 4.28. The first-order chi connectivity index (χ1) is 16.1. The highest BCUT2D eigenvalue weighted by molar-refractivity contribution is 5.69. The Kier molecular flexibility index (Phi) is 7.45. The molecular formula is C23H20F9NO2. The van der Waals surface area contributed by atoms with E-state index in [2.05, 4.69) is 4.74 Å². The van der Waals surface area contributed by atoms with Gasteiger partial charge in [-0.25, -0.2) is 0 Å². The normalized spacial score (nSPS) is 19.7. The molecule has 0 radical (unpaired) electrons. The third-order valence-electron chi connectivity index (χ3n) is 5.91. The van der Waals surface area contributed by atoms with Gasteiger partial charge in [0.25, 0.3) is 0 Å². The fraction of sp³-hybridized carbons (Fsp3) is 0.435. The van der Waals surface area contributed by atoms with Crippen LogP contribution in [0.5, 0.6) is 0 Å². The van der Waals surface area contributed by atoms with Gasteiger partial charge in [0.15, 0.2) is 0 Å². The van der Waals surface area contributed by atoms with Crippen molar-refractivity contribution in [2.24, 2.45) is 5.92 Å². The summed E-state index contributed by atoms with van der Waals surface area (Å²) in [5.74, 6) is -1.01. The van der Waals surface area contributed by atoms with E-state index in [9.17, 15) is 44.3 Å². The molecule has 3 nitrogen and oxygen atoms in total. The number of carbonyl (C=O) groups excluding carboxylic acids is 1. The van der Waals surface area contributed by atoms with Crippen LogP contribution in [0.3, 0.4) is 0 Å². The Morgan fingerprint density at radius 2 is 1.46 bits per heavy atom. The van der Waals surface area contributed by atoms with Crippen molar-refractivity contribution < 1.29 is 49.0 Å². The van der Waals surface area contributed by atoms with Gasteiger partial charge < -0.3 is 4.74 Å². The number of hydrogen-bond acceptors (Lipinski definition) is 3. The van der Waals surface area contributed by atoms with Crippen molar-refractivity contribution in [3.05, 3.63) is 70.3 Å². The number of esters is 1. The Balaban J connectivity index is 1.99. The molecule has 2 aromatic rings. The predicted octanol–water partition coefficient (Wildman–Crippen LogP) is 6.87. The lowest BCUT2D eigenvalue weighted by molar-refractivity contribution is -0.142. The van der Waals surface area contributed by atoms with E-state index in [1.54, 1.807) is 0 Å². The van der Waals surface area contributed by atoms with Gasteiger partial charge in [0, 0.05) is 25.6 Å². The van der Waals surface area contributed by atoms with Crippen molar-refractivity contribution in [3.8, 4) is 0 Å². The lowest BCUT2D eigenvalue weighted by atomic mass is 9.96. The summed E-state index contributed by atoms with van der Waals surface area (Å²) in [6.07, 6.45) is -14.3. The maximum absolute atomic E-state index is 13.6. The highest BCUT2D eigenvalue weighted by atomic mass is 19.4. The molecular weight excluding hydrogens is 493 g/mol. The number of ether oxygens (including phenoxy) is 1. The second-order valence-corrected chi connectivity index (χ2v) is 8.31. The Morgan fingerprint density at radius 3 is 1.97 bits per heavy atom. The smallest absolute Gasteiger partial charge is 0.416 e. The zero-order valence-electron chi connectivity index (χ0n) is 18.2. The molecule has 2 aromatic carbocycles. The summed E-state index contributed by atoms with van der Waals surface area (Å²) in [5, 5.41) is 0. The molecule has 1 heterocycles. The van der Waals surface area contributed by atoms with Gasteiger partial charge in [0.2, 0.25) is 0 Å². The summed E-state index contributed by atoms with van der Waals surface area (Å²) < 4.78 is 124. The number of hydrogen-bond donors (Lipinski definition) is 0. The minimum atomic E-state index is -4.92. The standard InChI is InChI=1S/C23H20F9NO2/c1-35-20(34)9-13-8-19(14-2-4-16(5-3-14)21(24,25)26)33(11-13)12-15-10-17(22(27,28)29)6-7-18(15)23(30,31)32/h2-7,10,13,19H,8-9,11-12H2,1H3/t13-,19?/m0/s1. The molecule has 12 heteroatoms. The first-order valence-corrected chi connectivity index (χ1v) is 10.3. The summed E-state index contributed by atoms with van der Waals surface area (Å²) >= 11 is 0. The quantitative estimate of drug-likeness (QED) is 0.323. The van der Waals surface area contributed by atoms with Gasteiger partial charge >= 0.3 is 24.5 Å². The van der Waals surface area contributed by atoms with Crippen molar-refractivity contribution in [3.63, 3.8) is 0 Å². The van der Waals surface area contributed by atoms with E-state index in [-0.39, 0.29) is 19.4 Å². The van der Waals surface area contributed by atoms with Crippen LogP contribution in [0.25, 0.3) is 0 Å². The number of carbonyl (C=O) groups is 1. The first-order valence-electron chi connectivity index (χ1n) is 10.3. The highest BCUT2D eigenvalue weighted by Gasteiger charge is 2.40. The molecule has 0 spiro atoms. The number of halogens is 9. The van der Waals surface area contributed by atoms with E-state index < -0.39 is 65.3 Å². The highest BCUT2D eigenvalue weighted by Crippen LogP contribution is 2.42. The number of nitrogens with zero attached hydrogens (tertiary/aromatic N) is 1. The lowest BCUT2D eigenvalue weighted by Crippen LogP contribution is -2.26. The molecule has 0 saturated carbocycles. The average Bonchev–Trinajstić information content (AvgIpc) is 3.13. The van der Waals surface area contributed by atoms with E-state index in [1.807, 2.05) is 0 Å². The van der Waals surface area contributed by atoms with E-state index in [4.69, 9.17) is 0 Å². The van der Waals surface area contributed by atoms with Gasteiger partial charge in [-0.05, 0) is 53.8 Å². The Bertz CT molecular complexity index is 1040. The molecule has 0 bridgehead atoms. The summed E-state index contributed by atoms with van der Waals surface area (Å²) in [6, 6.07) is 4.44. The number of alkyl halides is 9. The number of benzene rings is 2. The Hall–Kier alpha value is -2.76. The van der Waals surface area contributed by atoms with Crippen LogP contribution in [-0.4, -0.2) is 24.5 Å². The molecule has 0 amide bonds. The van der Waals surface area contributed by atoms with Gasteiger partial charge in [-0.15, -0.1) is 0 Å². The zero-order valence-corrected chi connectivity index (χ0v) is 18.2. The minimum absolute atomic E-state index is 0.0360. The zero-order chi connectivity index (χ0) is 26.2. The minimum Gasteiger partial charge on any atom is -0.469 e. The average molecular weight is 513 g/mol. The molecule has 1 unspecified atom stereocenters. The Labute approximate surface area is 194 Å². The van der Waals surface area contributed by atoms with Crippen LogP contribution in [0, 0.1) is 5.92 Å². The van der Waals surface area contributed by atoms with E-state index in [0.29, 0.717) is 23.8 Å². The molecule has 0 N–H and O–H groups in total. The van der Waals surface area contributed by atoms with Crippen molar-refractivity contribution in [1.82, 2.24) is 4.90 Å². The van der Waals surface area contributed by atoms with E-state index in [0.717, 1.165) is 19.2 Å². The van der Waals surface area contributed by atoms with Crippen LogP contribution < -0.4 is 0 Å². The monoisotopic (exact) mass is 513 g/mol. The molecule has 1 fully saturated rings. The molecule has 2 atom stereocenters. The molecule has 1 aliphatic heterocycles. The molecule has 1 aliphatic rings. The summed E-state index contributed by atoms with van der Waals surface area (Å²) in [4.78, 5) is 13.2. The third-order valence-corrected chi connectivity index (χ3v) is 5.91. The third kappa shape index (κ3) is 6.47. The first kappa shape index (κ1) is 26.8. The summed E-state index contributed by atoms with van der Waals surface area (Å²) in [5.41, 5.74) is -3.70. The van der Waals surface area contributed by atoms with Gasteiger partial charge in [0.05, 0.1) is 23.8 Å². The van der Waals surface area contributed by atoms with Gasteiger partial charge in [-0.2, -0.15) is 39.5 Å². The molecule has 3 rings (SSSR count). The van der Waals surface area contributed by atoms with Crippen LogP contribution in [0.4, 0.5) is 39.5 Å². The molecule has 0 aromatic heterocycles. The molecule has 0 aliphatic carbocycles. The lowest BCUT2D eigenvalue weighted by Gasteiger charge is -2.27. The predicted molar refractivity (Wildman–Crippen MR) is 106 cm³/mol. The molecule has 1 saturated heterocycles. The summed E-state index contributed by atoms with van der Waals surface area (Å²) in [6.45, 7) is -0.517. The molecule has 35 heavy (non-hydrogen) atoms. The topological polar surface area (TPSA) is 29.5 Å². The maximum atomic E-state index is 13.6. The number of methoxy groups -OCH3 is 1. The van der Waals surface area contributed by atoms with Crippen molar-refractivity contribution >= 4 is 5.97 Å². The number of likely N-dealkylation sites (tertiary alicyclic amines) is 1. The fourth-order valence-corrected chi connectivity index (χ4v) is 4.28.